The van der Waals surface area contributed by atoms with Gasteiger partial charge in [0.15, 0.2) is 5.16 Å². The van der Waals surface area contributed by atoms with Gasteiger partial charge in [0, 0.05) is 18.3 Å². The van der Waals surface area contributed by atoms with E-state index in [-0.39, 0.29) is 17.4 Å². The Morgan fingerprint density at radius 1 is 1.53 bits per heavy atom. The molecule has 0 saturated heterocycles. The summed E-state index contributed by atoms with van der Waals surface area (Å²) in [5.74, 6) is -0.637. The van der Waals surface area contributed by atoms with Crippen molar-refractivity contribution in [3.63, 3.8) is 0 Å². The highest BCUT2D eigenvalue weighted by atomic mass is 32.2. The van der Waals surface area contributed by atoms with E-state index in [2.05, 4.69) is 18.8 Å². The molecular formula is C11H16N2O3S. The molecule has 0 bridgehead atoms. The van der Waals surface area contributed by atoms with E-state index in [1.807, 2.05) is 11.5 Å². The van der Waals surface area contributed by atoms with Crippen LogP contribution in [0.1, 0.15) is 26.8 Å². The van der Waals surface area contributed by atoms with Crippen LogP contribution >= 0.6 is 11.8 Å². The van der Waals surface area contributed by atoms with Gasteiger partial charge >= 0.3 is 5.97 Å². The van der Waals surface area contributed by atoms with Crippen LogP contribution in [0.15, 0.2) is 22.2 Å². The van der Waals surface area contributed by atoms with Crippen molar-refractivity contribution in [2.24, 2.45) is 5.92 Å². The van der Waals surface area contributed by atoms with E-state index in [9.17, 15) is 9.59 Å². The lowest BCUT2D eigenvalue weighted by atomic mass is 10.1. The van der Waals surface area contributed by atoms with Crippen LogP contribution in [-0.4, -0.2) is 26.4 Å². The van der Waals surface area contributed by atoms with Crippen molar-refractivity contribution in [3.8, 4) is 0 Å². The van der Waals surface area contributed by atoms with Gasteiger partial charge in [0.2, 0.25) is 0 Å². The zero-order valence-electron chi connectivity index (χ0n) is 10.1. The highest BCUT2D eigenvalue weighted by Gasteiger charge is 2.14. The Labute approximate surface area is 104 Å². The first-order valence-corrected chi connectivity index (χ1v) is 6.34. The Kier molecular flexibility index (Phi) is 4.74. The summed E-state index contributed by atoms with van der Waals surface area (Å²) in [7, 11) is 0. The summed E-state index contributed by atoms with van der Waals surface area (Å²) in [6.45, 7) is 6.14. The second-order valence-electron chi connectivity index (χ2n) is 4.12. The summed E-state index contributed by atoms with van der Waals surface area (Å²) in [6.07, 6.45) is 1.67. The zero-order valence-corrected chi connectivity index (χ0v) is 10.9. The number of aliphatic carboxylic acids is 1. The molecule has 1 aromatic rings. The quantitative estimate of drug-likeness (QED) is 0.640. The van der Waals surface area contributed by atoms with Gasteiger partial charge in [0.1, 0.15) is 0 Å². The van der Waals surface area contributed by atoms with Crippen LogP contribution in [0.2, 0.25) is 0 Å². The number of rotatable bonds is 5. The smallest absolute Gasteiger partial charge is 0.313 e. The molecule has 1 aromatic heterocycles. The van der Waals surface area contributed by atoms with Crippen LogP contribution in [0.3, 0.4) is 0 Å². The predicted octanol–water partition coefficient (Wildman–Crippen LogP) is 1.64. The van der Waals surface area contributed by atoms with Crippen molar-refractivity contribution < 1.29 is 9.90 Å². The van der Waals surface area contributed by atoms with Crippen LogP contribution in [0, 0.1) is 5.92 Å². The van der Waals surface area contributed by atoms with E-state index < -0.39 is 5.97 Å². The highest BCUT2D eigenvalue weighted by Crippen LogP contribution is 2.22. The maximum Gasteiger partial charge on any atom is 0.313 e. The van der Waals surface area contributed by atoms with Gasteiger partial charge in [-0.05, 0) is 12.8 Å². The third-order valence-corrected chi connectivity index (χ3v) is 3.48. The second-order valence-corrected chi connectivity index (χ2v) is 5.07. The maximum absolute atomic E-state index is 11.2. The second kappa shape index (κ2) is 5.86. The lowest BCUT2D eigenvalue weighted by molar-refractivity contribution is -0.133. The first-order chi connectivity index (χ1) is 7.91. The summed E-state index contributed by atoms with van der Waals surface area (Å²) in [6, 6.07) is 1.56. The minimum Gasteiger partial charge on any atom is -0.481 e. The summed E-state index contributed by atoms with van der Waals surface area (Å²) < 4.78 is 1.85. The number of thioether (sulfide) groups is 1. The summed E-state index contributed by atoms with van der Waals surface area (Å²) in [4.78, 5) is 25.6. The molecule has 17 heavy (non-hydrogen) atoms. The van der Waals surface area contributed by atoms with Crippen molar-refractivity contribution in [3.05, 3.63) is 22.6 Å². The standard InChI is InChI=1S/C11H16N2O3S/c1-7(2)8(3)13-5-4-9(14)12-11(13)17-6-10(15)16/h4-5,7-8H,6H2,1-3H3,(H,15,16). The molecule has 1 rings (SSSR count). The molecule has 1 atom stereocenters. The normalized spacial score (nSPS) is 12.7. The van der Waals surface area contributed by atoms with Crippen LogP contribution in [0.5, 0.6) is 0 Å². The molecule has 6 heteroatoms. The molecule has 0 amide bonds. The number of hydrogen-bond acceptors (Lipinski definition) is 4. The SMILES string of the molecule is CC(C)C(C)n1ccc(=O)nc1SCC(=O)O. The monoisotopic (exact) mass is 256 g/mol. The third kappa shape index (κ3) is 3.89. The van der Waals surface area contributed by atoms with Gasteiger partial charge in [-0.2, -0.15) is 4.98 Å². The zero-order chi connectivity index (χ0) is 13.0. The molecule has 5 nitrogen and oxygen atoms in total. The molecule has 1 N–H and O–H groups in total. The Morgan fingerprint density at radius 3 is 2.71 bits per heavy atom. The van der Waals surface area contributed by atoms with Crippen LogP contribution in [-0.2, 0) is 4.79 Å². The fourth-order valence-corrected chi connectivity index (χ4v) is 2.04. The molecule has 0 aliphatic heterocycles. The minimum atomic E-state index is -0.920. The first kappa shape index (κ1) is 13.8. The summed E-state index contributed by atoms with van der Waals surface area (Å²) in [5.41, 5.74) is -0.343. The molecule has 0 aliphatic rings. The summed E-state index contributed by atoms with van der Waals surface area (Å²) >= 11 is 1.07. The van der Waals surface area contributed by atoms with E-state index in [4.69, 9.17) is 5.11 Å². The number of carboxylic acid groups (broad SMARTS) is 1. The van der Waals surface area contributed by atoms with Gasteiger partial charge in [0.05, 0.1) is 5.75 Å². The molecule has 0 saturated carbocycles. The van der Waals surface area contributed by atoms with Crippen LogP contribution in [0.25, 0.3) is 0 Å². The summed E-state index contributed by atoms with van der Waals surface area (Å²) in [5, 5.41) is 9.11. The highest BCUT2D eigenvalue weighted by molar-refractivity contribution is 7.99. The van der Waals surface area contributed by atoms with Gasteiger partial charge in [-0.15, -0.1) is 0 Å². The fourth-order valence-electron chi connectivity index (χ4n) is 1.26. The molecule has 0 aliphatic carbocycles. The van der Waals surface area contributed by atoms with E-state index in [0.717, 1.165) is 11.8 Å². The number of carboxylic acids is 1. The predicted molar refractivity (Wildman–Crippen MR) is 66.4 cm³/mol. The van der Waals surface area contributed by atoms with Crippen molar-refractivity contribution >= 4 is 17.7 Å². The Hall–Kier alpha value is -1.30. The number of aromatic nitrogens is 2. The van der Waals surface area contributed by atoms with Gasteiger partial charge in [-0.3, -0.25) is 9.59 Å². The van der Waals surface area contributed by atoms with Gasteiger partial charge in [0.25, 0.3) is 5.56 Å². The third-order valence-electron chi connectivity index (χ3n) is 2.53. The van der Waals surface area contributed by atoms with Crippen molar-refractivity contribution in [2.75, 3.05) is 5.75 Å². The fraction of sp³-hybridized carbons (Fsp3) is 0.545. The molecule has 1 unspecified atom stereocenters. The molecule has 0 radical (unpaired) electrons. The van der Waals surface area contributed by atoms with Crippen LogP contribution < -0.4 is 5.56 Å². The van der Waals surface area contributed by atoms with Crippen molar-refractivity contribution in [2.45, 2.75) is 32.0 Å². The minimum absolute atomic E-state index is 0.0960. The Balaban J connectivity index is 3.03. The van der Waals surface area contributed by atoms with E-state index in [1.54, 1.807) is 6.20 Å². The first-order valence-electron chi connectivity index (χ1n) is 5.35. The van der Waals surface area contributed by atoms with Crippen molar-refractivity contribution in [1.29, 1.82) is 0 Å². The topological polar surface area (TPSA) is 72.2 Å². The van der Waals surface area contributed by atoms with E-state index in [1.165, 1.54) is 6.07 Å². The molecule has 94 valence electrons. The van der Waals surface area contributed by atoms with Gasteiger partial charge in [-0.1, -0.05) is 25.6 Å². The molecule has 1 heterocycles. The maximum atomic E-state index is 11.2. The molecule has 0 aromatic carbocycles. The molecule has 0 spiro atoms. The van der Waals surface area contributed by atoms with E-state index in [0.29, 0.717) is 11.1 Å². The van der Waals surface area contributed by atoms with Gasteiger partial charge < -0.3 is 9.67 Å². The average molecular weight is 256 g/mol. The number of carbonyl (C=O) groups is 1. The Bertz CT molecular complexity index is 456. The Morgan fingerprint density at radius 2 is 2.18 bits per heavy atom. The number of hydrogen-bond donors (Lipinski definition) is 1. The molecular weight excluding hydrogens is 240 g/mol. The average Bonchev–Trinajstić information content (AvgIpc) is 2.25. The number of nitrogens with zero attached hydrogens (tertiary/aromatic N) is 2. The lowest BCUT2D eigenvalue weighted by Gasteiger charge is -2.21. The lowest BCUT2D eigenvalue weighted by Crippen LogP contribution is -2.19. The largest absolute Gasteiger partial charge is 0.481 e. The van der Waals surface area contributed by atoms with Crippen molar-refractivity contribution in [1.82, 2.24) is 9.55 Å². The van der Waals surface area contributed by atoms with E-state index >= 15 is 0 Å². The molecule has 0 fully saturated rings. The van der Waals surface area contributed by atoms with Gasteiger partial charge in [-0.25, -0.2) is 0 Å². The van der Waals surface area contributed by atoms with Crippen LogP contribution in [0.4, 0.5) is 0 Å².